The van der Waals surface area contributed by atoms with Crippen LogP contribution in [-0.4, -0.2) is 36.8 Å². The van der Waals surface area contributed by atoms with Crippen molar-refractivity contribution in [3.8, 4) is 5.82 Å². The average Bonchev–Trinajstić information content (AvgIpc) is 3.20. The number of fused-ring (bicyclic) bond motifs is 1. The molecule has 0 radical (unpaired) electrons. The van der Waals surface area contributed by atoms with E-state index in [4.69, 9.17) is 0 Å². The standard InChI is InChI=1S/C17H15F3N6O/c1-24-9-12(7-23-24)25-5-2-3-11-4-6-26(14(11)16(25)27)15-13(17(18,19)20)8-21-10-22-15/h4,6-10H,2-3,5H2,1H3. The van der Waals surface area contributed by atoms with Gasteiger partial charge in [0.05, 0.1) is 11.9 Å². The first kappa shape index (κ1) is 17.3. The summed E-state index contributed by atoms with van der Waals surface area (Å²) in [6, 6.07) is 1.67. The fourth-order valence-corrected chi connectivity index (χ4v) is 3.26. The van der Waals surface area contributed by atoms with Gasteiger partial charge in [0, 0.05) is 32.2 Å². The van der Waals surface area contributed by atoms with E-state index in [9.17, 15) is 18.0 Å². The van der Waals surface area contributed by atoms with Gasteiger partial charge in [-0.1, -0.05) is 0 Å². The van der Waals surface area contributed by atoms with Gasteiger partial charge in [0.15, 0.2) is 5.82 Å². The molecule has 0 fully saturated rings. The van der Waals surface area contributed by atoms with Crippen LogP contribution in [0.25, 0.3) is 5.82 Å². The van der Waals surface area contributed by atoms with Crippen molar-refractivity contribution in [3.63, 3.8) is 0 Å². The molecule has 0 unspecified atom stereocenters. The number of amides is 1. The first-order valence-corrected chi connectivity index (χ1v) is 8.24. The summed E-state index contributed by atoms with van der Waals surface area (Å²) in [7, 11) is 1.73. The van der Waals surface area contributed by atoms with Crippen molar-refractivity contribution in [2.45, 2.75) is 19.0 Å². The lowest BCUT2D eigenvalue weighted by Gasteiger charge is -2.20. The van der Waals surface area contributed by atoms with Gasteiger partial charge in [-0.05, 0) is 24.5 Å². The van der Waals surface area contributed by atoms with Crippen molar-refractivity contribution in [1.29, 1.82) is 0 Å². The van der Waals surface area contributed by atoms with Crippen LogP contribution in [0.1, 0.15) is 28.0 Å². The van der Waals surface area contributed by atoms with Crippen molar-refractivity contribution < 1.29 is 18.0 Å². The monoisotopic (exact) mass is 376 g/mol. The van der Waals surface area contributed by atoms with E-state index in [1.54, 1.807) is 30.2 Å². The molecule has 0 bridgehead atoms. The van der Waals surface area contributed by atoms with E-state index in [1.807, 2.05) is 0 Å². The molecule has 0 aliphatic carbocycles. The van der Waals surface area contributed by atoms with Crippen molar-refractivity contribution in [2.24, 2.45) is 7.05 Å². The highest BCUT2D eigenvalue weighted by Crippen LogP contribution is 2.34. The minimum absolute atomic E-state index is 0.181. The number of nitrogens with zero attached hydrogens (tertiary/aromatic N) is 6. The number of aryl methyl sites for hydroxylation is 2. The zero-order valence-corrected chi connectivity index (χ0v) is 14.3. The molecule has 0 aromatic carbocycles. The quantitative estimate of drug-likeness (QED) is 0.690. The zero-order valence-electron chi connectivity index (χ0n) is 14.3. The molecule has 4 heterocycles. The topological polar surface area (TPSA) is 68.8 Å². The van der Waals surface area contributed by atoms with Crippen LogP contribution in [0.15, 0.2) is 37.2 Å². The number of carbonyl (C=O) groups is 1. The highest BCUT2D eigenvalue weighted by Gasteiger charge is 2.37. The van der Waals surface area contributed by atoms with Gasteiger partial charge in [0.2, 0.25) is 0 Å². The van der Waals surface area contributed by atoms with Gasteiger partial charge in [0.25, 0.3) is 5.91 Å². The Kier molecular flexibility index (Phi) is 3.97. The second kappa shape index (κ2) is 6.22. The first-order valence-electron chi connectivity index (χ1n) is 8.24. The maximum atomic E-state index is 13.4. The van der Waals surface area contributed by atoms with Gasteiger partial charge in [0.1, 0.15) is 17.6 Å². The van der Waals surface area contributed by atoms with E-state index in [0.29, 0.717) is 30.6 Å². The third kappa shape index (κ3) is 2.96. The maximum Gasteiger partial charge on any atom is 0.421 e. The van der Waals surface area contributed by atoms with Crippen LogP contribution in [-0.2, 0) is 19.6 Å². The molecule has 3 aromatic rings. The van der Waals surface area contributed by atoms with Gasteiger partial charge in [-0.3, -0.25) is 14.0 Å². The first-order chi connectivity index (χ1) is 12.9. The molecule has 0 saturated carbocycles. The van der Waals surface area contributed by atoms with Crippen molar-refractivity contribution in [2.75, 3.05) is 11.4 Å². The SMILES string of the molecule is Cn1cc(N2CCCc3ccn(-c4ncncc4C(F)(F)F)c3C2=O)cn1. The number of halogens is 3. The van der Waals surface area contributed by atoms with Gasteiger partial charge in [-0.25, -0.2) is 9.97 Å². The molecule has 4 rings (SSSR count). The molecule has 10 heteroatoms. The van der Waals surface area contributed by atoms with Crippen LogP contribution in [0.5, 0.6) is 0 Å². The van der Waals surface area contributed by atoms with Crippen LogP contribution in [0, 0.1) is 0 Å². The Morgan fingerprint density at radius 1 is 1.22 bits per heavy atom. The zero-order chi connectivity index (χ0) is 19.2. The predicted molar refractivity (Wildman–Crippen MR) is 89.6 cm³/mol. The second-order valence-corrected chi connectivity index (χ2v) is 6.25. The highest BCUT2D eigenvalue weighted by atomic mass is 19.4. The van der Waals surface area contributed by atoms with Crippen LogP contribution >= 0.6 is 0 Å². The summed E-state index contributed by atoms with van der Waals surface area (Å²) >= 11 is 0. The van der Waals surface area contributed by atoms with Crippen LogP contribution in [0.2, 0.25) is 0 Å². The molecule has 0 saturated heterocycles. The molecule has 0 spiro atoms. The third-order valence-corrected chi connectivity index (χ3v) is 4.47. The molecule has 3 aromatic heterocycles. The van der Waals surface area contributed by atoms with Crippen LogP contribution in [0.3, 0.4) is 0 Å². The van der Waals surface area contributed by atoms with E-state index in [2.05, 4.69) is 15.1 Å². The third-order valence-electron chi connectivity index (χ3n) is 4.47. The summed E-state index contributed by atoms with van der Waals surface area (Å²) in [6.45, 7) is 0.453. The predicted octanol–water partition coefficient (Wildman–Crippen LogP) is 2.61. The molecule has 0 N–H and O–H groups in total. The van der Waals surface area contributed by atoms with Crippen molar-refractivity contribution in [3.05, 3.63) is 54.0 Å². The van der Waals surface area contributed by atoms with E-state index in [-0.39, 0.29) is 17.4 Å². The number of aromatic nitrogens is 5. The number of hydrogen-bond donors (Lipinski definition) is 0. The van der Waals surface area contributed by atoms with E-state index < -0.39 is 11.7 Å². The number of anilines is 1. The number of rotatable bonds is 2. The summed E-state index contributed by atoms with van der Waals surface area (Å²) in [4.78, 5) is 22.0. The number of hydrogen-bond acceptors (Lipinski definition) is 4. The lowest BCUT2D eigenvalue weighted by molar-refractivity contribution is -0.138. The fourth-order valence-electron chi connectivity index (χ4n) is 3.26. The van der Waals surface area contributed by atoms with E-state index in [1.165, 1.54) is 15.7 Å². The van der Waals surface area contributed by atoms with E-state index >= 15 is 0 Å². The molecular weight excluding hydrogens is 361 g/mol. The van der Waals surface area contributed by atoms with Gasteiger partial charge in [-0.2, -0.15) is 18.3 Å². The highest BCUT2D eigenvalue weighted by molar-refractivity contribution is 6.06. The fraction of sp³-hybridized carbons (Fsp3) is 0.294. The van der Waals surface area contributed by atoms with Crippen LogP contribution in [0.4, 0.5) is 18.9 Å². The van der Waals surface area contributed by atoms with E-state index in [0.717, 1.165) is 12.5 Å². The number of carbonyl (C=O) groups excluding carboxylic acids is 1. The molecule has 7 nitrogen and oxygen atoms in total. The van der Waals surface area contributed by atoms with Gasteiger partial charge in [-0.15, -0.1) is 0 Å². The Balaban J connectivity index is 1.85. The van der Waals surface area contributed by atoms with Gasteiger partial charge < -0.3 is 4.90 Å². The minimum Gasteiger partial charge on any atom is -0.304 e. The maximum absolute atomic E-state index is 13.4. The minimum atomic E-state index is -4.63. The largest absolute Gasteiger partial charge is 0.421 e. The van der Waals surface area contributed by atoms with Gasteiger partial charge >= 0.3 is 6.18 Å². The van der Waals surface area contributed by atoms with Crippen molar-refractivity contribution in [1.82, 2.24) is 24.3 Å². The molecular formula is C17H15F3N6O. The summed E-state index contributed by atoms with van der Waals surface area (Å²) in [5, 5.41) is 4.07. The lowest BCUT2D eigenvalue weighted by Crippen LogP contribution is -2.32. The lowest BCUT2D eigenvalue weighted by atomic mass is 10.1. The Hall–Kier alpha value is -3.17. The average molecular weight is 376 g/mol. The Labute approximate surface area is 152 Å². The summed E-state index contributed by atoms with van der Waals surface area (Å²) in [6.07, 6.45) is 3.10. The van der Waals surface area contributed by atoms with Crippen molar-refractivity contribution >= 4 is 11.6 Å². The molecule has 1 aliphatic heterocycles. The summed E-state index contributed by atoms with van der Waals surface area (Å²) < 4.78 is 43.0. The molecule has 27 heavy (non-hydrogen) atoms. The molecule has 0 atom stereocenters. The Morgan fingerprint density at radius 2 is 2.04 bits per heavy atom. The molecule has 140 valence electrons. The second-order valence-electron chi connectivity index (χ2n) is 6.25. The molecule has 1 aliphatic rings. The smallest absolute Gasteiger partial charge is 0.304 e. The Morgan fingerprint density at radius 3 is 2.74 bits per heavy atom. The summed E-state index contributed by atoms with van der Waals surface area (Å²) in [5.74, 6) is -0.743. The summed E-state index contributed by atoms with van der Waals surface area (Å²) in [5.41, 5.74) is 0.480. The molecule has 1 amide bonds. The normalized spacial score (nSPS) is 15.0. The van der Waals surface area contributed by atoms with Crippen LogP contribution < -0.4 is 4.90 Å². The number of alkyl halides is 3. The Bertz CT molecular complexity index is 1010.